The lowest BCUT2D eigenvalue weighted by Gasteiger charge is -2.14. The van der Waals surface area contributed by atoms with E-state index < -0.39 is 11.9 Å². The van der Waals surface area contributed by atoms with Crippen molar-refractivity contribution in [1.29, 1.82) is 0 Å². The van der Waals surface area contributed by atoms with Crippen molar-refractivity contribution < 1.29 is 24.2 Å². The second-order valence-corrected chi connectivity index (χ2v) is 5.32. The summed E-state index contributed by atoms with van der Waals surface area (Å²) in [4.78, 5) is 23.1. The Morgan fingerprint density at radius 1 is 0.960 bits per heavy atom. The lowest BCUT2D eigenvalue weighted by molar-refractivity contribution is -0.138. The van der Waals surface area contributed by atoms with Crippen molar-refractivity contribution in [1.82, 2.24) is 5.32 Å². The minimum atomic E-state index is -0.983. The molecule has 0 saturated heterocycles. The van der Waals surface area contributed by atoms with Gasteiger partial charge in [-0.25, -0.2) is 0 Å². The number of carbonyl (C=O) groups excluding carboxylic acids is 1. The molecule has 0 spiro atoms. The molecule has 25 heavy (non-hydrogen) atoms. The van der Waals surface area contributed by atoms with Gasteiger partial charge in [-0.2, -0.15) is 0 Å². The number of carboxylic acid groups (broad SMARTS) is 1. The predicted octanol–water partition coefficient (Wildman–Crippen LogP) is 2.07. The van der Waals surface area contributed by atoms with Crippen LogP contribution in [0.15, 0.2) is 60.7 Å². The maximum Gasteiger partial charge on any atom is 0.312 e. The van der Waals surface area contributed by atoms with Crippen LogP contribution in [0.3, 0.4) is 0 Å². The number of carboxylic acids is 1. The monoisotopic (exact) mass is 343 g/mol. The number of para-hydroxylation sites is 1. The molecule has 1 unspecified atom stereocenters. The van der Waals surface area contributed by atoms with E-state index in [0.717, 1.165) is 5.75 Å². The summed E-state index contributed by atoms with van der Waals surface area (Å²) in [6.45, 7) is 0.476. The number of hydrogen-bond donors (Lipinski definition) is 2. The third kappa shape index (κ3) is 6.64. The average molecular weight is 343 g/mol. The fraction of sp³-hybridized carbons (Fsp3) is 0.263. The summed E-state index contributed by atoms with van der Waals surface area (Å²) in [5.41, 5.74) is 0.646. The summed E-state index contributed by atoms with van der Waals surface area (Å²) in [5, 5.41) is 11.9. The normalized spacial score (nSPS) is 11.5. The van der Waals surface area contributed by atoms with Crippen molar-refractivity contribution in [3.8, 4) is 5.75 Å². The Labute approximate surface area is 146 Å². The lowest BCUT2D eigenvalue weighted by Crippen LogP contribution is -2.34. The molecular formula is C19H21NO5. The van der Waals surface area contributed by atoms with Gasteiger partial charge in [0.1, 0.15) is 19.0 Å². The Morgan fingerprint density at radius 2 is 1.60 bits per heavy atom. The van der Waals surface area contributed by atoms with Crippen LogP contribution in [0.2, 0.25) is 0 Å². The Hall–Kier alpha value is -2.86. The number of carbonyl (C=O) groups is 2. The highest BCUT2D eigenvalue weighted by atomic mass is 16.5. The van der Waals surface area contributed by atoms with Gasteiger partial charge in [0.25, 0.3) is 0 Å². The quantitative estimate of drug-likeness (QED) is 0.645. The molecule has 6 heteroatoms. The Balaban J connectivity index is 1.65. The van der Waals surface area contributed by atoms with Gasteiger partial charge in [0, 0.05) is 6.54 Å². The fourth-order valence-electron chi connectivity index (χ4n) is 2.20. The summed E-state index contributed by atoms with van der Waals surface area (Å²) in [5.74, 6) is -1.39. The minimum absolute atomic E-state index is 0.0159. The van der Waals surface area contributed by atoms with Crippen molar-refractivity contribution >= 4 is 11.9 Å². The molecule has 1 atom stereocenters. The van der Waals surface area contributed by atoms with E-state index >= 15 is 0 Å². The maximum absolute atomic E-state index is 11.8. The third-order valence-electron chi connectivity index (χ3n) is 3.48. The first-order valence-electron chi connectivity index (χ1n) is 7.97. The van der Waals surface area contributed by atoms with Crippen molar-refractivity contribution in [3.05, 3.63) is 66.2 Å². The van der Waals surface area contributed by atoms with E-state index in [1.165, 1.54) is 0 Å². The van der Waals surface area contributed by atoms with Crippen LogP contribution >= 0.6 is 0 Å². The van der Waals surface area contributed by atoms with Crippen LogP contribution in [0.5, 0.6) is 5.75 Å². The van der Waals surface area contributed by atoms with Crippen LogP contribution < -0.4 is 10.1 Å². The number of benzene rings is 2. The summed E-state index contributed by atoms with van der Waals surface area (Å²) in [7, 11) is 0. The van der Waals surface area contributed by atoms with Gasteiger partial charge in [0.05, 0.1) is 12.5 Å². The van der Waals surface area contributed by atoms with Gasteiger partial charge in [-0.3, -0.25) is 9.59 Å². The molecule has 0 heterocycles. The number of rotatable bonds is 10. The van der Waals surface area contributed by atoms with Gasteiger partial charge in [-0.05, 0) is 17.7 Å². The molecule has 0 aromatic heterocycles. The van der Waals surface area contributed by atoms with Gasteiger partial charge in [0.2, 0.25) is 5.91 Å². The molecule has 0 radical (unpaired) electrons. The number of ether oxygens (including phenoxy) is 2. The highest BCUT2D eigenvalue weighted by Crippen LogP contribution is 2.14. The van der Waals surface area contributed by atoms with E-state index in [1.54, 1.807) is 24.3 Å². The lowest BCUT2D eigenvalue weighted by atomic mass is 9.99. The van der Waals surface area contributed by atoms with Crippen LogP contribution in [-0.4, -0.2) is 43.3 Å². The van der Waals surface area contributed by atoms with Crippen molar-refractivity contribution in [2.45, 2.75) is 5.92 Å². The molecule has 2 aromatic rings. The molecule has 0 bridgehead atoms. The number of nitrogens with one attached hydrogen (secondary N) is 1. The molecular weight excluding hydrogens is 322 g/mol. The summed E-state index contributed by atoms with van der Waals surface area (Å²) in [6, 6.07) is 18.1. The highest BCUT2D eigenvalue weighted by molar-refractivity contribution is 5.80. The smallest absolute Gasteiger partial charge is 0.312 e. The third-order valence-corrected chi connectivity index (χ3v) is 3.48. The summed E-state index contributed by atoms with van der Waals surface area (Å²) in [6.07, 6.45) is 0. The zero-order chi connectivity index (χ0) is 17.9. The molecule has 0 fully saturated rings. The maximum atomic E-state index is 11.8. The molecule has 0 saturated carbocycles. The van der Waals surface area contributed by atoms with Crippen LogP contribution in [0.25, 0.3) is 0 Å². The standard InChI is InChI=1S/C19H21NO5/c21-18(14-24-11-12-25-16-9-5-2-6-10-16)20-13-17(19(22)23)15-7-3-1-4-8-15/h1-10,17H,11-14H2,(H,20,21)(H,22,23). The Kier molecular flexibility index (Phi) is 7.46. The SMILES string of the molecule is O=C(COCCOc1ccccc1)NCC(C(=O)O)c1ccccc1. The molecule has 1 amide bonds. The van der Waals surface area contributed by atoms with Crippen LogP contribution in [0.1, 0.15) is 11.5 Å². The molecule has 0 aliphatic carbocycles. The first kappa shape index (κ1) is 18.5. The summed E-state index contributed by atoms with van der Waals surface area (Å²) < 4.78 is 10.7. The number of amides is 1. The zero-order valence-corrected chi connectivity index (χ0v) is 13.8. The predicted molar refractivity (Wildman–Crippen MR) is 92.6 cm³/mol. The molecule has 2 aromatic carbocycles. The molecule has 0 aliphatic heterocycles. The van der Waals surface area contributed by atoms with Gasteiger partial charge >= 0.3 is 5.97 Å². The van der Waals surface area contributed by atoms with Crippen LogP contribution in [0, 0.1) is 0 Å². The van der Waals surface area contributed by atoms with Crippen LogP contribution in [0.4, 0.5) is 0 Å². The van der Waals surface area contributed by atoms with E-state index in [0.29, 0.717) is 12.2 Å². The first-order chi connectivity index (χ1) is 12.2. The molecule has 0 aliphatic rings. The van der Waals surface area contributed by atoms with Gasteiger partial charge in [-0.1, -0.05) is 48.5 Å². The van der Waals surface area contributed by atoms with E-state index in [-0.39, 0.29) is 25.7 Å². The molecule has 2 N–H and O–H groups in total. The average Bonchev–Trinajstić information content (AvgIpc) is 2.63. The van der Waals surface area contributed by atoms with Crippen molar-refractivity contribution in [2.75, 3.05) is 26.4 Å². The van der Waals surface area contributed by atoms with Crippen molar-refractivity contribution in [3.63, 3.8) is 0 Å². The van der Waals surface area contributed by atoms with Crippen LogP contribution in [-0.2, 0) is 14.3 Å². The molecule has 132 valence electrons. The van der Waals surface area contributed by atoms with Gasteiger partial charge in [-0.15, -0.1) is 0 Å². The topological polar surface area (TPSA) is 84.9 Å². The van der Waals surface area contributed by atoms with E-state index in [4.69, 9.17) is 9.47 Å². The van der Waals surface area contributed by atoms with Crippen molar-refractivity contribution in [2.24, 2.45) is 0 Å². The molecule has 2 rings (SSSR count). The Morgan fingerprint density at radius 3 is 2.24 bits per heavy atom. The number of aliphatic carboxylic acids is 1. The number of hydrogen-bond acceptors (Lipinski definition) is 4. The minimum Gasteiger partial charge on any atom is -0.491 e. The second-order valence-electron chi connectivity index (χ2n) is 5.32. The molecule has 6 nitrogen and oxygen atoms in total. The second kappa shape index (κ2) is 10.1. The fourth-order valence-corrected chi connectivity index (χ4v) is 2.20. The largest absolute Gasteiger partial charge is 0.491 e. The first-order valence-corrected chi connectivity index (χ1v) is 7.97. The zero-order valence-electron chi connectivity index (χ0n) is 13.8. The highest BCUT2D eigenvalue weighted by Gasteiger charge is 2.20. The Bertz CT molecular complexity index is 660. The van der Waals surface area contributed by atoms with E-state index in [1.807, 2.05) is 36.4 Å². The van der Waals surface area contributed by atoms with E-state index in [2.05, 4.69) is 5.32 Å². The summed E-state index contributed by atoms with van der Waals surface area (Å²) >= 11 is 0. The van der Waals surface area contributed by atoms with E-state index in [9.17, 15) is 14.7 Å². The van der Waals surface area contributed by atoms with Gasteiger partial charge in [0.15, 0.2) is 0 Å². The van der Waals surface area contributed by atoms with Gasteiger partial charge < -0.3 is 19.9 Å².